The summed E-state index contributed by atoms with van der Waals surface area (Å²) in [5.41, 5.74) is 17.0. The minimum Gasteiger partial charge on any atom is -0.191 e. The predicted molar refractivity (Wildman–Crippen MR) is 96.2 cm³/mol. The summed E-state index contributed by atoms with van der Waals surface area (Å²) >= 11 is 0. The normalized spacial score (nSPS) is 15.4. The third-order valence-corrected chi connectivity index (χ3v) is 6.79. The van der Waals surface area contributed by atoms with Crippen LogP contribution in [-0.2, 0) is 19.4 Å². The average molecular weight is 306 g/mol. The fraction of sp³-hybridized carbons (Fsp3) is 0.500. The van der Waals surface area contributed by atoms with Crippen LogP contribution in [-0.4, -0.2) is 0 Å². The largest absolute Gasteiger partial charge is 0.217 e. The summed E-state index contributed by atoms with van der Waals surface area (Å²) in [6.07, 6.45) is 5.25. The van der Waals surface area contributed by atoms with Crippen molar-refractivity contribution < 1.29 is 4.57 Å². The van der Waals surface area contributed by atoms with Crippen molar-refractivity contribution >= 4 is 0 Å². The highest BCUT2D eigenvalue weighted by molar-refractivity contribution is 5.76. The monoisotopic (exact) mass is 306 g/mol. The van der Waals surface area contributed by atoms with Crippen molar-refractivity contribution in [1.29, 1.82) is 0 Å². The summed E-state index contributed by atoms with van der Waals surface area (Å²) < 4.78 is 2.59. The van der Waals surface area contributed by atoms with Crippen LogP contribution in [0.25, 0.3) is 11.3 Å². The van der Waals surface area contributed by atoms with E-state index in [9.17, 15) is 0 Å². The third-order valence-electron chi connectivity index (χ3n) is 6.79. The van der Waals surface area contributed by atoms with E-state index >= 15 is 0 Å². The zero-order valence-electron chi connectivity index (χ0n) is 15.5. The summed E-state index contributed by atoms with van der Waals surface area (Å²) in [4.78, 5) is 0. The van der Waals surface area contributed by atoms with Crippen molar-refractivity contribution in [2.24, 2.45) is 0 Å². The lowest BCUT2D eigenvalue weighted by atomic mass is 9.80. The zero-order valence-corrected chi connectivity index (χ0v) is 15.5. The molecule has 0 radical (unpaired) electrons. The first-order valence-electron chi connectivity index (χ1n) is 9.07. The fourth-order valence-electron chi connectivity index (χ4n) is 4.88. The van der Waals surface area contributed by atoms with E-state index in [0.29, 0.717) is 0 Å². The standard InChI is InChI=1S/C22H28N/c1-12-13(2)17(6)23-11-20-15(4)14(3)18-9-7-8-10-19(18)21(20)22(23)16(12)5/h7-11H2,1-6H3/q+1. The van der Waals surface area contributed by atoms with Crippen LogP contribution in [0.15, 0.2) is 0 Å². The van der Waals surface area contributed by atoms with Crippen LogP contribution in [0, 0.1) is 41.5 Å². The van der Waals surface area contributed by atoms with Gasteiger partial charge in [-0.2, -0.15) is 4.57 Å². The van der Waals surface area contributed by atoms with Gasteiger partial charge in [0.15, 0.2) is 12.2 Å². The van der Waals surface area contributed by atoms with Gasteiger partial charge in [0.2, 0.25) is 5.69 Å². The Bertz CT molecular complexity index is 856. The molecule has 0 fully saturated rings. The number of aromatic nitrogens is 1. The van der Waals surface area contributed by atoms with Gasteiger partial charge in [0.05, 0.1) is 5.56 Å². The molecule has 1 aromatic heterocycles. The number of hydrogen-bond acceptors (Lipinski definition) is 0. The van der Waals surface area contributed by atoms with Gasteiger partial charge in [-0.1, -0.05) is 0 Å². The maximum atomic E-state index is 2.59. The van der Waals surface area contributed by atoms with Crippen molar-refractivity contribution in [3.63, 3.8) is 0 Å². The highest BCUT2D eigenvalue weighted by Crippen LogP contribution is 2.42. The van der Waals surface area contributed by atoms with Gasteiger partial charge in [0, 0.05) is 23.6 Å². The molecule has 0 spiro atoms. The van der Waals surface area contributed by atoms with Crippen LogP contribution in [0.5, 0.6) is 0 Å². The molecule has 1 aliphatic carbocycles. The number of hydrogen-bond donors (Lipinski definition) is 0. The highest BCUT2D eigenvalue weighted by atomic mass is 15.0. The van der Waals surface area contributed by atoms with E-state index in [4.69, 9.17) is 0 Å². The summed E-state index contributed by atoms with van der Waals surface area (Å²) in [5, 5.41) is 0. The number of fused-ring (bicyclic) bond motifs is 5. The average Bonchev–Trinajstić information content (AvgIpc) is 2.97. The molecule has 4 rings (SSSR count). The predicted octanol–water partition coefficient (Wildman–Crippen LogP) is 4.73. The molecule has 0 amide bonds. The quantitative estimate of drug-likeness (QED) is 0.529. The third kappa shape index (κ3) is 1.83. The lowest BCUT2D eigenvalue weighted by Crippen LogP contribution is -2.38. The lowest BCUT2D eigenvalue weighted by Gasteiger charge is -2.23. The van der Waals surface area contributed by atoms with Gasteiger partial charge in [0.25, 0.3) is 0 Å². The molecule has 0 N–H and O–H groups in total. The second-order valence-electron chi connectivity index (χ2n) is 7.66. The van der Waals surface area contributed by atoms with Crippen molar-refractivity contribution in [3.8, 4) is 11.3 Å². The maximum absolute atomic E-state index is 2.59. The topological polar surface area (TPSA) is 3.88 Å². The Morgan fingerprint density at radius 3 is 1.91 bits per heavy atom. The highest BCUT2D eigenvalue weighted by Gasteiger charge is 2.37. The summed E-state index contributed by atoms with van der Waals surface area (Å²) in [5.74, 6) is 0. The SMILES string of the molecule is Cc1c(C)c(C)[n+]2c(c1C)-c1c(c(C)c(C)c3c1CCCC3)C2. The zero-order chi connectivity index (χ0) is 16.5. The van der Waals surface area contributed by atoms with Gasteiger partial charge < -0.3 is 0 Å². The number of pyridine rings is 1. The van der Waals surface area contributed by atoms with E-state index in [0.717, 1.165) is 6.54 Å². The second kappa shape index (κ2) is 4.93. The van der Waals surface area contributed by atoms with Crippen molar-refractivity contribution in [3.05, 3.63) is 50.2 Å². The van der Waals surface area contributed by atoms with Gasteiger partial charge in [-0.05, 0) is 88.1 Å². The number of nitrogens with zero attached hydrogens (tertiary/aromatic N) is 1. The Labute approximate surface area is 140 Å². The van der Waals surface area contributed by atoms with E-state index in [2.05, 4.69) is 46.1 Å². The van der Waals surface area contributed by atoms with Gasteiger partial charge in [-0.25, -0.2) is 0 Å². The molecule has 1 aromatic carbocycles. The molecular formula is C22H28N+. The van der Waals surface area contributed by atoms with Crippen molar-refractivity contribution in [2.45, 2.75) is 73.8 Å². The molecular weight excluding hydrogens is 278 g/mol. The fourth-order valence-corrected chi connectivity index (χ4v) is 4.88. The summed E-state index contributed by atoms with van der Waals surface area (Å²) in [6, 6.07) is 0. The Hall–Kier alpha value is -1.63. The van der Waals surface area contributed by atoms with E-state index in [1.54, 1.807) is 33.4 Å². The first kappa shape index (κ1) is 14.9. The Morgan fingerprint density at radius 1 is 0.609 bits per heavy atom. The molecule has 23 heavy (non-hydrogen) atoms. The molecule has 1 heteroatoms. The Kier molecular flexibility index (Phi) is 3.20. The molecule has 2 heterocycles. The van der Waals surface area contributed by atoms with Crippen LogP contribution >= 0.6 is 0 Å². The smallest absolute Gasteiger partial charge is 0.191 e. The summed E-state index contributed by atoms with van der Waals surface area (Å²) in [7, 11) is 0. The Morgan fingerprint density at radius 2 is 1.22 bits per heavy atom. The van der Waals surface area contributed by atoms with E-state index in [-0.39, 0.29) is 0 Å². The van der Waals surface area contributed by atoms with Crippen molar-refractivity contribution in [2.75, 3.05) is 0 Å². The molecule has 0 saturated heterocycles. The first-order chi connectivity index (χ1) is 10.9. The summed E-state index contributed by atoms with van der Waals surface area (Å²) in [6.45, 7) is 15.0. The van der Waals surface area contributed by atoms with E-state index in [1.165, 1.54) is 53.8 Å². The van der Waals surface area contributed by atoms with Gasteiger partial charge in [-0.15, -0.1) is 0 Å². The minimum atomic E-state index is 1.07. The van der Waals surface area contributed by atoms with Crippen LogP contribution in [0.3, 0.4) is 0 Å². The molecule has 0 bridgehead atoms. The van der Waals surface area contributed by atoms with Gasteiger partial charge in [-0.3, -0.25) is 0 Å². The van der Waals surface area contributed by atoms with Crippen molar-refractivity contribution in [1.82, 2.24) is 0 Å². The molecule has 2 aliphatic rings. The Balaban J connectivity index is 2.14. The second-order valence-corrected chi connectivity index (χ2v) is 7.66. The molecule has 120 valence electrons. The van der Waals surface area contributed by atoms with E-state index < -0.39 is 0 Å². The van der Waals surface area contributed by atoms with Crippen LogP contribution in [0.1, 0.15) is 63.0 Å². The van der Waals surface area contributed by atoms with Gasteiger partial charge >= 0.3 is 0 Å². The maximum Gasteiger partial charge on any atom is 0.217 e. The van der Waals surface area contributed by atoms with Crippen LogP contribution in [0.4, 0.5) is 0 Å². The van der Waals surface area contributed by atoms with E-state index in [1.807, 2.05) is 0 Å². The lowest BCUT2D eigenvalue weighted by molar-refractivity contribution is -0.678. The molecule has 0 atom stereocenters. The molecule has 1 nitrogen and oxygen atoms in total. The minimum absolute atomic E-state index is 1.07. The molecule has 2 aromatic rings. The molecule has 0 saturated carbocycles. The van der Waals surface area contributed by atoms with Crippen LogP contribution in [0.2, 0.25) is 0 Å². The molecule has 0 unspecified atom stereocenters. The molecule has 1 aliphatic heterocycles. The van der Waals surface area contributed by atoms with Gasteiger partial charge in [0.1, 0.15) is 0 Å². The number of benzene rings is 1. The number of rotatable bonds is 0. The van der Waals surface area contributed by atoms with Crippen LogP contribution < -0.4 is 4.57 Å². The first-order valence-corrected chi connectivity index (χ1v) is 9.07.